The van der Waals surface area contributed by atoms with E-state index in [-0.39, 0.29) is 5.91 Å². The predicted molar refractivity (Wildman–Crippen MR) is 93.8 cm³/mol. The number of guanidine groups is 1. The molecule has 2 aromatic heterocycles. The number of piperidine rings is 1. The maximum Gasteiger partial charge on any atom is 0.219 e. The topological polar surface area (TPSA) is 74.0 Å². The van der Waals surface area contributed by atoms with Gasteiger partial charge in [0.25, 0.3) is 0 Å². The summed E-state index contributed by atoms with van der Waals surface area (Å²) in [4.78, 5) is 22.1. The van der Waals surface area contributed by atoms with Crippen LogP contribution in [0, 0.1) is 0 Å². The van der Waals surface area contributed by atoms with E-state index in [2.05, 4.69) is 20.6 Å². The number of amides is 1. The lowest BCUT2D eigenvalue weighted by Gasteiger charge is -2.32. The van der Waals surface area contributed by atoms with E-state index in [0.29, 0.717) is 12.6 Å². The summed E-state index contributed by atoms with van der Waals surface area (Å²) in [5.74, 6) is 0.927. The maximum atomic E-state index is 11.4. The lowest BCUT2D eigenvalue weighted by molar-refractivity contribution is -0.129. The number of carbonyl (C=O) groups is 1. The largest absolute Gasteiger partial charge is 0.354 e. The normalized spacial score (nSPS) is 16.4. The van der Waals surface area contributed by atoms with Crippen molar-refractivity contribution in [1.29, 1.82) is 0 Å². The molecule has 0 bridgehead atoms. The predicted octanol–water partition coefficient (Wildman–Crippen LogP) is 1.01. The van der Waals surface area contributed by atoms with E-state index >= 15 is 0 Å². The number of likely N-dealkylation sites (tertiary alicyclic amines) is 1. The minimum absolute atomic E-state index is 0.155. The average molecular weight is 328 g/mol. The third-order valence-corrected chi connectivity index (χ3v) is 4.36. The Morgan fingerprint density at radius 3 is 2.83 bits per heavy atom. The number of hydrogen-bond acceptors (Lipinski definition) is 3. The van der Waals surface area contributed by atoms with Crippen LogP contribution >= 0.6 is 0 Å². The number of nitrogens with zero attached hydrogens (tertiary/aromatic N) is 4. The molecule has 0 spiro atoms. The van der Waals surface area contributed by atoms with E-state index in [1.54, 1.807) is 14.0 Å². The summed E-state index contributed by atoms with van der Waals surface area (Å²) < 4.78 is 2.00. The monoisotopic (exact) mass is 328 g/mol. The lowest BCUT2D eigenvalue weighted by atomic mass is 10.1. The number of carbonyl (C=O) groups excluding carboxylic acids is 1. The first kappa shape index (κ1) is 16.3. The third-order valence-electron chi connectivity index (χ3n) is 4.36. The van der Waals surface area contributed by atoms with Crippen LogP contribution in [-0.4, -0.2) is 52.3 Å². The fraction of sp³-hybridized carbons (Fsp3) is 0.471. The average Bonchev–Trinajstić information content (AvgIpc) is 3.02. The molecule has 1 saturated heterocycles. The molecule has 0 atom stereocenters. The number of fused-ring (bicyclic) bond motifs is 1. The second-order valence-electron chi connectivity index (χ2n) is 6.05. The van der Waals surface area contributed by atoms with Crippen molar-refractivity contribution < 1.29 is 4.79 Å². The van der Waals surface area contributed by atoms with Crippen molar-refractivity contribution in [3.05, 3.63) is 36.3 Å². The number of pyridine rings is 1. The van der Waals surface area contributed by atoms with Gasteiger partial charge in [-0.25, -0.2) is 4.98 Å². The fourth-order valence-electron chi connectivity index (χ4n) is 2.97. The number of nitrogens with one attached hydrogen (secondary N) is 2. The number of aliphatic imine (C=N–C) groups is 1. The molecule has 0 aromatic carbocycles. The van der Waals surface area contributed by atoms with Crippen molar-refractivity contribution in [3.8, 4) is 0 Å². The van der Waals surface area contributed by atoms with E-state index in [9.17, 15) is 4.79 Å². The molecule has 1 aliphatic rings. The summed E-state index contributed by atoms with van der Waals surface area (Å²) in [5, 5.41) is 6.75. The van der Waals surface area contributed by atoms with E-state index in [1.807, 2.05) is 39.9 Å². The second kappa shape index (κ2) is 7.33. The Bertz CT molecular complexity index is 697. The minimum Gasteiger partial charge on any atom is -0.354 e. The molecule has 3 heterocycles. The zero-order valence-corrected chi connectivity index (χ0v) is 14.2. The van der Waals surface area contributed by atoms with Crippen LogP contribution in [0.4, 0.5) is 0 Å². The Hall–Kier alpha value is -2.57. The van der Waals surface area contributed by atoms with Crippen molar-refractivity contribution in [1.82, 2.24) is 24.9 Å². The number of rotatable bonds is 3. The summed E-state index contributed by atoms with van der Waals surface area (Å²) in [7, 11) is 1.77. The highest BCUT2D eigenvalue weighted by atomic mass is 16.2. The molecule has 1 amide bonds. The fourth-order valence-corrected chi connectivity index (χ4v) is 2.97. The highest BCUT2D eigenvalue weighted by Crippen LogP contribution is 2.10. The van der Waals surface area contributed by atoms with Gasteiger partial charge in [0.2, 0.25) is 5.91 Å². The minimum atomic E-state index is 0.155. The van der Waals surface area contributed by atoms with Crippen molar-refractivity contribution >= 4 is 17.5 Å². The van der Waals surface area contributed by atoms with Gasteiger partial charge in [-0.15, -0.1) is 0 Å². The molecule has 2 N–H and O–H groups in total. The van der Waals surface area contributed by atoms with Gasteiger partial charge in [-0.2, -0.15) is 0 Å². The van der Waals surface area contributed by atoms with Crippen LogP contribution in [0.15, 0.2) is 35.6 Å². The molecular weight excluding hydrogens is 304 g/mol. The van der Waals surface area contributed by atoms with Gasteiger partial charge in [-0.05, 0) is 25.0 Å². The quantitative estimate of drug-likeness (QED) is 0.651. The first-order chi connectivity index (χ1) is 11.7. The zero-order chi connectivity index (χ0) is 16.9. The van der Waals surface area contributed by atoms with Gasteiger partial charge in [0, 0.05) is 45.5 Å². The van der Waals surface area contributed by atoms with Crippen LogP contribution in [0.2, 0.25) is 0 Å². The van der Waals surface area contributed by atoms with Crippen molar-refractivity contribution in [2.45, 2.75) is 32.4 Å². The Labute approximate surface area is 141 Å². The van der Waals surface area contributed by atoms with Gasteiger partial charge in [0.05, 0.1) is 12.2 Å². The van der Waals surface area contributed by atoms with Crippen LogP contribution in [0.3, 0.4) is 0 Å². The SMILES string of the molecule is CN=C(NCc1cn2ccccc2n1)NC1CCN(C(C)=O)CC1. The molecular formula is C17H24N6O. The highest BCUT2D eigenvalue weighted by molar-refractivity contribution is 5.80. The zero-order valence-electron chi connectivity index (χ0n) is 14.2. The lowest BCUT2D eigenvalue weighted by Crippen LogP contribution is -2.49. The molecule has 3 rings (SSSR count). The van der Waals surface area contributed by atoms with E-state index in [1.165, 1.54) is 0 Å². The molecule has 7 nitrogen and oxygen atoms in total. The smallest absolute Gasteiger partial charge is 0.219 e. The van der Waals surface area contributed by atoms with Crippen LogP contribution < -0.4 is 10.6 Å². The summed E-state index contributed by atoms with van der Waals surface area (Å²) in [6, 6.07) is 6.29. The standard InChI is InChI=1S/C17H24N6O/c1-13(24)22-9-6-14(7-10-22)21-17(18-2)19-11-15-12-23-8-4-3-5-16(23)20-15/h3-5,8,12,14H,6-7,9-11H2,1-2H3,(H2,18,19,21). The van der Waals surface area contributed by atoms with Crippen LogP contribution in [-0.2, 0) is 11.3 Å². The van der Waals surface area contributed by atoms with Gasteiger partial charge in [0.15, 0.2) is 5.96 Å². The van der Waals surface area contributed by atoms with Gasteiger partial charge in [-0.1, -0.05) is 6.07 Å². The highest BCUT2D eigenvalue weighted by Gasteiger charge is 2.21. The molecule has 0 unspecified atom stereocenters. The van der Waals surface area contributed by atoms with Crippen molar-refractivity contribution in [3.63, 3.8) is 0 Å². The summed E-state index contributed by atoms with van der Waals surface area (Å²) in [6.45, 7) is 3.85. The summed E-state index contributed by atoms with van der Waals surface area (Å²) in [5.41, 5.74) is 1.91. The van der Waals surface area contributed by atoms with Gasteiger partial charge >= 0.3 is 0 Å². The number of aromatic nitrogens is 2. The first-order valence-electron chi connectivity index (χ1n) is 8.31. The summed E-state index contributed by atoms with van der Waals surface area (Å²) in [6.07, 6.45) is 5.88. The number of imidazole rings is 1. The van der Waals surface area contributed by atoms with Crippen LogP contribution in [0.25, 0.3) is 5.65 Å². The third kappa shape index (κ3) is 3.84. The van der Waals surface area contributed by atoms with Crippen LogP contribution in [0.1, 0.15) is 25.5 Å². The molecule has 2 aromatic rings. The van der Waals surface area contributed by atoms with Gasteiger partial charge < -0.3 is 19.9 Å². The molecule has 0 aliphatic carbocycles. The molecule has 24 heavy (non-hydrogen) atoms. The van der Waals surface area contributed by atoms with Crippen LogP contribution in [0.5, 0.6) is 0 Å². The molecule has 0 saturated carbocycles. The molecule has 1 aliphatic heterocycles. The molecule has 7 heteroatoms. The number of hydrogen-bond donors (Lipinski definition) is 2. The molecule has 128 valence electrons. The van der Waals surface area contributed by atoms with E-state index in [0.717, 1.165) is 43.2 Å². The maximum absolute atomic E-state index is 11.4. The van der Waals surface area contributed by atoms with E-state index < -0.39 is 0 Å². The second-order valence-corrected chi connectivity index (χ2v) is 6.05. The Balaban J connectivity index is 1.51. The Morgan fingerprint density at radius 2 is 2.17 bits per heavy atom. The first-order valence-corrected chi connectivity index (χ1v) is 8.31. The van der Waals surface area contributed by atoms with E-state index in [4.69, 9.17) is 0 Å². The summed E-state index contributed by atoms with van der Waals surface area (Å²) >= 11 is 0. The van der Waals surface area contributed by atoms with Gasteiger partial charge in [-0.3, -0.25) is 9.79 Å². The Kier molecular flexibility index (Phi) is 4.98. The molecule has 0 radical (unpaired) electrons. The van der Waals surface area contributed by atoms with Gasteiger partial charge in [0.1, 0.15) is 5.65 Å². The molecule has 1 fully saturated rings. The Morgan fingerprint density at radius 1 is 1.38 bits per heavy atom. The van der Waals surface area contributed by atoms with Crippen molar-refractivity contribution in [2.75, 3.05) is 20.1 Å². The van der Waals surface area contributed by atoms with Crippen molar-refractivity contribution in [2.24, 2.45) is 4.99 Å².